The number of para-hydroxylation sites is 4. The standard InChI is InChI=1S/C50H26F3N3O2/c51-50(52,53)37-16-6-1-11-29(37)36-26-41(56-39-18-8-3-13-31(39)33-22-24-45-47(49(33)56)35-15-5-10-20-43(35)58-45)40(25-28(36)27-54)55-38-17-7-2-12-30(38)32-21-23-44-46(48(32)55)34-14-4-9-19-42(34)57-44/h1-26H. The molecule has 274 valence electrons. The van der Waals surface area contributed by atoms with Gasteiger partial charge in [0, 0.05) is 37.9 Å². The summed E-state index contributed by atoms with van der Waals surface area (Å²) in [4.78, 5) is 0. The first-order chi connectivity index (χ1) is 28.4. The number of benzene rings is 8. The number of nitriles is 1. The fourth-order valence-corrected chi connectivity index (χ4v) is 9.25. The minimum absolute atomic E-state index is 0.0792. The minimum Gasteiger partial charge on any atom is -0.456 e. The van der Waals surface area contributed by atoms with Crippen molar-refractivity contribution < 1.29 is 22.0 Å². The summed E-state index contributed by atoms with van der Waals surface area (Å²) in [7, 11) is 0. The predicted octanol–water partition coefficient (Wildman–Crippen LogP) is 14.2. The van der Waals surface area contributed by atoms with Crippen molar-refractivity contribution in [3.63, 3.8) is 0 Å². The van der Waals surface area contributed by atoms with Gasteiger partial charge < -0.3 is 18.0 Å². The van der Waals surface area contributed by atoms with Crippen LogP contribution in [0.15, 0.2) is 167 Å². The predicted molar refractivity (Wildman–Crippen MR) is 225 cm³/mol. The Bertz CT molecular complexity index is 3760. The highest BCUT2D eigenvalue weighted by atomic mass is 19.4. The van der Waals surface area contributed by atoms with E-state index in [9.17, 15) is 18.4 Å². The molecule has 0 saturated heterocycles. The van der Waals surface area contributed by atoms with E-state index in [0.29, 0.717) is 22.5 Å². The van der Waals surface area contributed by atoms with Gasteiger partial charge in [-0.1, -0.05) is 91.0 Å². The Balaban J connectivity index is 1.34. The van der Waals surface area contributed by atoms with Crippen LogP contribution in [0.1, 0.15) is 11.1 Å². The third-order valence-electron chi connectivity index (χ3n) is 11.6. The molecule has 0 unspecified atom stereocenters. The van der Waals surface area contributed by atoms with Crippen molar-refractivity contribution >= 4 is 87.5 Å². The first kappa shape index (κ1) is 32.5. The number of hydrogen-bond acceptors (Lipinski definition) is 3. The van der Waals surface area contributed by atoms with Crippen LogP contribution in [0.3, 0.4) is 0 Å². The average Bonchev–Trinajstić information content (AvgIpc) is 4.00. The molecule has 5 nitrogen and oxygen atoms in total. The monoisotopic (exact) mass is 757 g/mol. The van der Waals surface area contributed by atoms with Crippen LogP contribution in [-0.2, 0) is 6.18 Å². The van der Waals surface area contributed by atoms with Crippen LogP contribution in [0.2, 0.25) is 0 Å². The molecule has 8 aromatic carbocycles. The molecule has 0 aliphatic rings. The quantitative estimate of drug-likeness (QED) is 0.180. The molecule has 0 N–H and O–H groups in total. The molecule has 58 heavy (non-hydrogen) atoms. The topological polar surface area (TPSA) is 59.9 Å². The summed E-state index contributed by atoms with van der Waals surface area (Å²) >= 11 is 0. The number of rotatable bonds is 3. The summed E-state index contributed by atoms with van der Waals surface area (Å²) in [6.45, 7) is 0. The molecule has 12 rings (SSSR count). The summed E-state index contributed by atoms with van der Waals surface area (Å²) in [5, 5.41) is 18.4. The number of alkyl halides is 3. The first-order valence-corrected chi connectivity index (χ1v) is 18.8. The molecule has 0 bridgehead atoms. The van der Waals surface area contributed by atoms with Crippen molar-refractivity contribution in [2.45, 2.75) is 6.18 Å². The Morgan fingerprint density at radius 3 is 1.45 bits per heavy atom. The van der Waals surface area contributed by atoms with Crippen molar-refractivity contribution in [1.29, 1.82) is 5.26 Å². The van der Waals surface area contributed by atoms with E-state index in [0.717, 1.165) is 82.4 Å². The molecule has 0 radical (unpaired) electrons. The molecule has 0 spiro atoms. The van der Waals surface area contributed by atoms with Crippen molar-refractivity contribution in [2.75, 3.05) is 0 Å². The second-order valence-corrected chi connectivity index (χ2v) is 14.6. The molecule has 4 heterocycles. The SMILES string of the molecule is N#Cc1cc(-n2c3ccccc3c3ccc4oc5ccccc5c4c32)c(-n2c3ccccc3c3ccc4oc5ccccc5c4c32)cc1-c1ccccc1C(F)(F)F. The highest BCUT2D eigenvalue weighted by Gasteiger charge is 2.35. The minimum atomic E-state index is -4.67. The zero-order chi connectivity index (χ0) is 38.9. The molecule has 4 aromatic heterocycles. The number of aromatic nitrogens is 2. The van der Waals surface area contributed by atoms with E-state index in [-0.39, 0.29) is 16.7 Å². The van der Waals surface area contributed by atoms with E-state index in [4.69, 9.17) is 8.83 Å². The van der Waals surface area contributed by atoms with E-state index in [1.807, 2.05) is 103 Å². The van der Waals surface area contributed by atoms with Gasteiger partial charge in [0.15, 0.2) is 0 Å². The van der Waals surface area contributed by atoms with Crippen LogP contribution in [0.25, 0.3) is 110 Å². The van der Waals surface area contributed by atoms with Crippen LogP contribution >= 0.6 is 0 Å². The Morgan fingerprint density at radius 1 is 0.448 bits per heavy atom. The van der Waals surface area contributed by atoms with Gasteiger partial charge in [0.1, 0.15) is 22.3 Å². The third-order valence-corrected chi connectivity index (χ3v) is 11.6. The van der Waals surface area contributed by atoms with Gasteiger partial charge in [-0.2, -0.15) is 18.4 Å². The lowest BCUT2D eigenvalue weighted by Gasteiger charge is -2.21. The van der Waals surface area contributed by atoms with E-state index >= 15 is 0 Å². The lowest BCUT2D eigenvalue weighted by molar-refractivity contribution is -0.137. The molecule has 0 aliphatic heterocycles. The second kappa shape index (κ2) is 11.6. The summed E-state index contributed by atoms with van der Waals surface area (Å²) in [5.41, 5.74) is 6.80. The lowest BCUT2D eigenvalue weighted by Crippen LogP contribution is -2.09. The number of hydrogen-bond donors (Lipinski definition) is 0. The van der Waals surface area contributed by atoms with Crippen molar-refractivity contribution in [2.24, 2.45) is 0 Å². The molecular weight excluding hydrogens is 732 g/mol. The van der Waals surface area contributed by atoms with Gasteiger partial charge in [0.05, 0.1) is 61.4 Å². The molecule has 12 aromatic rings. The van der Waals surface area contributed by atoms with E-state index in [1.165, 1.54) is 12.1 Å². The number of nitrogens with zero attached hydrogens (tertiary/aromatic N) is 3. The van der Waals surface area contributed by atoms with Gasteiger partial charge in [-0.3, -0.25) is 0 Å². The van der Waals surface area contributed by atoms with Gasteiger partial charge >= 0.3 is 6.18 Å². The highest BCUT2D eigenvalue weighted by Crippen LogP contribution is 2.47. The van der Waals surface area contributed by atoms with Gasteiger partial charge in [0.25, 0.3) is 0 Å². The first-order valence-electron chi connectivity index (χ1n) is 18.8. The van der Waals surface area contributed by atoms with Gasteiger partial charge in [0.2, 0.25) is 0 Å². The average molecular weight is 758 g/mol. The molecular formula is C50H26F3N3O2. The highest BCUT2D eigenvalue weighted by molar-refractivity contribution is 6.26. The second-order valence-electron chi connectivity index (χ2n) is 14.6. The maximum atomic E-state index is 14.8. The van der Waals surface area contributed by atoms with Gasteiger partial charge in [-0.25, -0.2) is 0 Å². The molecule has 0 saturated carbocycles. The summed E-state index contributed by atoms with van der Waals surface area (Å²) in [6.07, 6.45) is -4.67. The largest absolute Gasteiger partial charge is 0.456 e. The van der Waals surface area contributed by atoms with E-state index < -0.39 is 11.7 Å². The van der Waals surface area contributed by atoms with Crippen LogP contribution < -0.4 is 0 Å². The van der Waals surface area contributed by atoms with Crippen molar-refractivity contribution in [3.05, 3.63) is 169 Å². The maximum Gasteiger partial charge on any atom is 0.417 e. The fourth-order valence-electron chi connectivity index (χ4n) is 9.25. The number of fused-ring (bicyclic) bond motifs is 14. The van der Waals surface area contributed by atoms with Gasteiger partial charge in [-0.05, 0) is 72.3 Å². The third kappa shape index (κ3) is 4.35. The molecule has 0 aliphatic carbocycles. The zero-order valence-corrected chi connectivity index (χ0v) is 30.3. The lowest BCUT2D eigenvalue weighted by atomic mass is 9.94. The summed E-state index contributed by atoms with van der Waals surface area (Å²) in [5.74, 6) is 0. The van der Waals surface area contributed by atoms with E-state index in [1.54, 1.807) is 18.2 Å². The van der Waals surface area contributed by atoms with Crippen LogP contribution in [0.5, 0.6) is 0 Å². The number of halogens is 3. The Morgan fingerprint density at radius 2 is 0.914 bits per heavy atom. The molecule has 0 atom stereocenters. The zero-order valence-electron chi connectivity index (χ0n) is 30.3. The fraction of sp³-hybridized carbons (Fsp3) is 0.0200. The Kier molecular flexibility index (Phi) is 6.52. The van der Waals surface area contributed by atoms with Crippen molar-refractivity contribution in [1.82, 2.24) is 9.13 Å². The summed E-state index contributed by atoms with van der Waals surface area (Å²) in [6, 6.07) is 51.3. The van der Waals surface area contributed by atoms with Crippen LogP contribution in [0.4, 0.5) is 13.2 Å². The Labute approximate surface area is 326 Å². The number of furan rings is 2. The smallest absolute Gasteiger partial charge is 0.417 e. The maximum absolute atomic E-state index is 14.8. The summed E-state index contributed by atoms with van der Waals surface area (Å²) < 4.78 is 61.6. The van der Waals surface area contributed by atoms with E-state index in [2.05, 4.69) is 33.4 Å². The van der Waals surface area contributed by atoms with Crippen LogP contribution in [0, 0.1) is 11.3 Å². The molecule has 0 amide bonds. The van der Waals surface area contributed by atoms with Crippen LogP contribution in [-0.4, -0.2) is 9.13 Å². The van der Waals surface area contributed by atoms with Crippen molar-refractivity contribution in [3.8, 4) is 28.6 Å². The van der Waals surface area contributed by atoms with Gasteiger partial charge in [-0.15, -0.1) is 0 Å². The normalized spacial score (nSPS) is 12.4. The molecule has 0 fully saturated rings. The Hall–Kier alpha value is -7.76. The molecule has 8 heteroatoms.